The first-order valence-corrected chi connectivity index (χ1v) is 8.32. The molecule has 0 spiro atoms. The molecule has 28 heavy (non-hydrogen) atoms. The van der Waals surface area contributed by atoms with Crippen molar-refractivity contribution in [3.05, 3.63) is 89.2 Å². The van der Waals surface area contributed by atoms with Crippen LogP contribution in [0, 0.1) is 11.6 Å². The summed E-state index contributed by atoms with van der Waals surface area (Å²) in [4.78, 5) is 31.3. The normalized spacial score (nSPS) is 10.9. The van der Waals surface area contributed by atoms with Gasteiger partial charge < -0.3 is 10.7 Å². The molecular formula is C21H13F2N3O2. The number of nitrogens with two attached hydrogens (primary N) is 1. The third-order valence-electron chi connectivity index (χ3n) is 4.47. The molecule has 3 N–H and O–H groups in total. The third-order valence-corrected chi connectivity index (χ3v) is 4.47. The van der Waals surface area contributed by atoms with Crippen LogP contribution in [0.25, 0.3) is 22.2 Å². The van der Waals surface area contributed by atoms with Crippen LogP contribution in [0.3, 0.4) is 0 Å². The topological polar surface area (TPSA) is 88.8 Å². The van der Waals surface area contributed by atoms with E-state index in [1.807, 2.05) is 30.3 Å². The molecule has 0 aliphatic heterocycles. The molecule has 1 amide bonds. The lowest BCUT2D eigenvalue weighted by molar-refractivity contribution is 0.0996. The molecule has 7 heteroatoms. The van der Waals surface area contributed by atoms with E-state index in [0.717, 1.165) is 23.3 Å². The van der Waals surface area contributed by atoms with Crippen molar-refractivity contribution >= 4 is 22.7 Å². The number of nitrogens with one attached hydrogen (secondary N) is 1. The summed E-state index contributed by atoms with van der Waals surface area (Å²) in [6.07, 6.45) is 2.97. The number of pyridine rings is 1. The van der Waals surface area contributed by atoms with Crippen molar-refractivity contribution in [3.8, 4) is 11.1 Å². The van der Waals surface area contributed by atoms with Crippen molar-refractivity contribution in [3.63, 3.8) is 0 Å². The molecule has 0 aliphatic rings. The van der Waals surface area contributed by atoms with Gasteiger partial charge in [-0.3, -0.25) is 9.59 Å². The average molecular weight is 377 g/mol. The highest BCUT2D eigenvalue weighted by Crippen LogP contribution is 2.28. The lowest BCUT2D eigenvalue weighted by Gasteiger charge is -2.07. The van der Waals surface area contributed by atoms with Crippen molar-refractivity contribution in [1.82, 2.24) is 9.97 Å². The Morgan fingerprint density at radius 3 is 2.43 bits per heavy atom. The van der Waals surface area contributed by atoms with Crippen LogP contribution in [0.1, 0.15) is 26.3 Å². The molecule has 0 saturated carbocycles. The molecule has 0 saturated heterocycles. The predicted octanol–water partition coefficient (Wildman–Crippen LogP) is 3.84. The van der Waals surface area contributed by atoms with Crippen molar-refractivity contribution in [2.45, 2.75) is 0 Å². The van der Waals surface area contributed by atoms with Gasteiger partial charge in [0.25, 0.3) is 5.91 Å². The molecule has 0 aliphatic carbocycles. The Hall–Kier alpha value is -3.87. The summed E-state index contributed by atoms with van der Waals surface area (Å²) in [6, 6.07) is 12.8. The zero-order valence-corrected chi connectivity index (χ0v) is 14.4. The second-order valence-electron chi connectivity index (χ2n) is 6.17. The molecule has 0 radical (unpaired) electrons. The fourth-order valence-corrected chi connectivity index (χ4v) is 3.07. The number of hydrogen-bond acceptors (Lipinski definition) is 3. The fourth-order valence-electron chi connectivity index (χ4n) is 3.07. The van der Waals surface area contributed by atoms with Gasteiger partial charge in [-0.05, 0) is 23.8 Å². The number of H-pyrrole nitrogens is 1. The van der Waals surface area contributed by atoms with Crippen molar-refractivity contribution < 1.29 is 18.4 Å². The van der Waals surface area contributed by atoms with Gasteiger partial charge in [-0.1, -0.05) is 30.3 Å². The van der Waals surface area contributed by atoms with Crippen LogP contribution in [0.2, 0.25) is 0 Å². The number of nitrogens with zero attached hydrogens (tertiary/aromatic N) is 1. The first-order valence-electron chi connectivity index (χ1n) is 8.32. The minimum Gasteiger partial charge on any atom is -0.366 e. The zero-order chi connectivity index (χ0) is 19.8. The van der Waals surface area contributed by atoms with Gasteiger partial charge in [0.05, 0.1) is 11.1 Å². The summed E-state index contributed by atoms with van der Waals surface area (Å²) in [5, 5.41) is 0.412. The van der Waals surface area contributed by atoms with Gasteiger partial charge in [0.1, 0.15) is 17.3 Å². The molecule has 5 nitrogen and oxygen atoms in total. The smallest absolute Gasteiger partial charge is 0.251 e. The molecule has 2 aromatic heterocycles. The summed E-state index contributed by atoms with van der Waals surface area (Å²) in [5.41, 5.74) is 5.78. The number of fused-ring (bicyclic) bond motifs is 1. The first kappa shape index (κ1) is 17.5. The highest BCUT2D eigenvalue weighted by Gasteiger charge is 2.25. The van der Waals surface area contributed by atoms with Crippen molar-refractivity contribution in [2.24, 2.45) is 5.73 Å². The fraction of sp³-hybridized carbons (Fsp3) is 0. The molecule has 2 heterocycles. The van der Waals surface area contributed by atoms with E-state index in [-0.39, 0.29) is 5.56 Å². The number of carbonyl (C=O) groups excluding carboxylic acids is 2. The van der Waals surface area contributed by atoms with E-state index in [1.165, 1.54) is 6.20 Å². The Kier molecular flexibility index (Phi) is 4.19. The van der Waals surface area contributed by atoms with Gasteiger partial charge in [0, 0.05) is 28.9 Å². The first-order chi connectivity index (χ1) is 13.5. The summed E-state index contributed by atoms with van der Waals surface area (Å²) < 4.78 is 28.8. The molecule has 4 aromatic rings. The van der Waals surface area contributed by atoms with E-state index < -0.39 is 34.5 Å². The van der Waals surface area contributed by atoms with E-state index in [9.17, 15) is 18.4 Å². The van der Waals surface area contributed by atoms with Crippen LogP contribution in [0.4, 0.5) is 8.78 Å². The maximum Gasteiger partial charge on any atom is 0.251 e. The second kappa shape index (κ2) is 6.70. The summed E-state index contributed by atoms with van der Waals surface area (Å²) >= 11 is 0. The largest absolute Gasteiger partial charge is 0.366 e. The standard InChI is InChI=1S/C21H13F2N3O2/c22-16-7-6-13(20(24)28)18(23)17(16)19(27)15-10-26-21-14(15)8-12(9-25-21)11-4-2-1-3-5-11/h1-10H,(H2,24,28)(H,25,26). The SMILES string of the molecule is NC(=O)c1ccc(F)c(C(=O)c2c[nH]c3ncc(-c4ccccc4)cc23)c1F. The minimum atomic E-state index is -1.28. The molecule has 0 atom stereocenters. The zero-order valence-electron chi connectivity index (χ0n) is 14.4. The van der Waals surface area contributed by atoms with Crippen LogP contribution in [0.5, 0.6) is 0 Å². The van der Waals surface area contributed by atoms with E-state index in [4.69, 9.17) is 5.73 Å². The molecule has 138 valence electrons. The lowest BCUT2D eigenvalue weighted by Crippen LogP contribution is -2.17. The minimum absolute atomic E-state index is 0.0414. The molecule has 4 rings (SSSR count). The van der Waals surface area contributed by atoms with Gasteiger partial charge in [-0.15, -0.1) is 0 Å². The molecule has 2 aromatic carbocycles. The third kappa shape index (κ3) is 2.83. The highest BCUT2D eigenvalue weighted by molar-refractivity contribution is 6.17. The van der Waals surface area contributed by atoms with Gasteiger partial charge >= 0.3 is 0 Å². The number of rotatable bonds is 4. The van der Waals surface area contributed by atoms with Crippen LogP contribution >= 0.6 is 0 Å². The Balaban J connectivity index is 1.87. The van der Waals surface area contributed by atoms with Crippen LogP contribution in [0.15, 0.2) is 60.9 Å². The van der Waals surface area contributed by atoms with Crippen LogP contribution < -0.4 is 5.73 Å². The Morgan fingerprint density at radius 2 is 1.71 bits per heavy atom. The van der Waals surface area contributed by atoms with E-state index in [2.05, 4.69) is 9.97 Å². The number of amides is 1. The summed E-state index contributed by atoms with van der Waals surface area (Å²) in [7, 11) is 0. The number of aromatic amines is 1. The number of primary amides is 1. The van der Waals surface area contributed by atoms with Gasteiger partial charge in [0.15, 0.2) is 0 Å². The summed E-state index contributed by atoms with van der Waals surface area (Å²) in [5.74, 6) is -4.34. The predicted molar refractivity (Wildman–Crippen MR) is 99.8 cm³/mol. The number of carbonyl (C=O) groups is 2. The summed E-state index contributed by atoms with van der Waals surface area (Å²) in [6.45, 7) is 0. The van der Waals surface area contributed by atoms with Gasteiger partial charge in [0.2, 0.25) is 5.78 Å². The molecule has 0 fully saturated rings. The lowest BCUT2D eigenvalue weighted by atomic mass is 9.98. The molecule has 0 unspecified atom stereocenters. The maximum atomic E-state index is 14.6. The monoisotopic (exact) mass is 377 g/mol. The Morgan fingerprint density at radius 1 is 0.964 bits per heavy atom. The van der Waals surface area contributed by atoms with Crippen LogP contribution in [-0.2, 0) is 0 Å². The Labute approximate surface area is 157 Å². The second-order valence-corrected chi connectivity index (χ2v) is 6.17. The maximum absolute atomic E-state index is 14.6. The quantitative estimate of drug-likeness (QED) is 0.530. The highest BCUT2D eigenvalue weighted by atomic mass is 19.1. The number of hydrogen-bond donors (Lipinski definition) is 2. The van der Waals surface area contributed by atoms with E-state index in [1.54, 1.807) is 12.3 Å². The molecular weight excluding hydrogens is 364 g/mol. The number of aromatic nitrogens is 2. The molecule has 0 bridgehead atoms. The van der Waals surface area contributed by atoms with E-state index in [0.29, 0.717) is 11.0 Å². The van der Waals surface area contributed by atoms with E-state index >= 15 is 0 Å². The number of benzene rings is 2. The van der Waals surface area contributed by atoms with Crippen molar-refractivity contribution in [1.29, 1.82) is 0 Å². The van der Waals surface area contributed by atoms with Crippen LogP contribution in [-0.4, -0.2) is 21.7 Å². The van der Waals surface area contributed by atoms with Gasteiger partial charge in [-0.2, -0.15) is 0 Å². The van der Waals surface area contributed by atoms with Gasteiger partial charge in [-0.25, -0.2) is 13.8 Å². The van der Waals surface area contributed by atoms with Crippen molar-refractivity contribution in [2.75, 3.05) is 0 Å². The number of ketones is 1. The average Bonchev–Trinajstić information content (AvgIpc) is 3.11. The Bertz CT molecular complexity index is 1230. The number of halogens is 2.